The lowest BCUT2D eigenvalue weighted by Gasteiger charge is -2.03. The minimum atomic E-state index is -0.621. The second kappa shape index (κ2) is 3.74. The maximum atomic E-state index is 12.6. The Morgan fingerprint density at radius 3 is 3.07 bits per heavy atom. The molecule has 3 nitrogen and oxygen atoms in total. The summed E-state index contributed by atoms with van der Waals surface area (Å²) in [6.45, 7) is 0.697. The average Bonchev–Trinajstić information content (AvgIpc) is 2.97. The molecular weight excluding hydrogens is 183 g/mol. The number of nitrogens with zero attached hydrogens (tertiary/aromatic N) is 1. The SMILES string of the molecule is O=C(NCC1CC1)c1ccnc(F)c1. The summed E-state index contributed by atoms with van der Waals surface area (Å²) in [6, 6.07) is 2.65. The van der Waals surface area contributed by atoms with E-state index in [2.05, 4.69) is 10.3 Å². The monoisotopic (exact) mass is 194 g/mol. The molecule has 0 bridgehead atoms. The zero-order chi connectivity index (χ0) is 9.97. The first kappa shape index (κ1) is 9.12. The van der Waals surface area contributed by atoms with Crippen LogP contribution in [0.3, 0.4) is 0 Å². The standard InChI is InChI=1S/C10H11FN2O/c11-9-5-8(3-4-12-9)10(14)13-6-7-1-2-7/h3-5,7H,1-2,6H2,(H,13,14). The summed E-state index contributed by atoms with van der Waals surface area (Å²) in [6.07, 6.45) is 3.66. The Kier molecular flexibility index (Phi) is 2.43. The minimum Gasteiger partial charge on any atom is -0.352 e. The van der Waals surface area contributed by atoms with Crippen LogP contribution < -0.4 is 5.32 Å². The van der Waals surface area contributed by atoms with Crippen LogP contribution in [0.25, 0.3) is 0 Å². The van der Waals surface area contributed by atoms with Crippen molar-refractivity contribution in [3.8, 4) is 0 Å². The summed E-state index contributed by atoms with van der Waals surface area (Å²) < 4.78 is 12.6. The second-order valence-electron chi connectivity index (χ2n) is 3.52. The van der Waals surface area contributed by atoms with Gasteiger partial charge in [-0.2, -0.15) is 4.39 Å². The van der Waals surface area contributed by atoms with Crippen LogP contribution in [0.15, 0.2) is 18.3 Å². The van der Waals surface area contributed by atoms with Crippen LogP contribution in [0.4, 0.5) is 4.39 Å². The molecule has 0 spiro atoms. The molecule has 1 aromatic rings. The maximum absolute atomic E-state index is 12.6. The highest BCUT2D eigenvalue weighted by atomic mass is 19.1. The molecule has 1 fully saturated rings. The molecule has 0 saturated heterocycles. The van der Waals surface area contributed by atoms with Gasteiger partial charge in [0.15, 0.2) is 0 Å². The van der Waals surface area contributed by atoms with Crippen LogP contribution >= 0.6 is 0 Å². The lowest BCUT2D eigenvalue weighted by molar-refractivity contribution is 0.0951. The number of rotatable bonds is 3. The molecule has 0 aliphatic heterocycles. The molecule has 1 saturated carbocycles. The number of carbonyl (C=O) groups is 1. The van der Waals surface area contributed by atoms with Crippen molar-refractivity contribution in [2.45, 2.75) is 12.8 Å². The first-order chi connectivity index (χ1) is 6.75. The number of halogens is 1. The van der Waals surface area contributed by atoms with Crippen LogP contribution in [0.2, 0.25) is 0 Å². The van der Waals surface area contributed by atoms with Crippen molar-refractivity contribution < 1.29 is 9.18 Å². The van der Waals surface area contributed by atoms with Gasteiger partial charge in [-0.1, -0.05) is 0 Å². The van der Waals surface area contributed by atoms with Gasteiger partial charge in [0.25, 0.3) is 5.91 Å². The van der Waals surface area contributed by atoms with E-state index in [1.165, 1.54) is 25.1 Å². The fraction of sp³-hybridized carbons (Fsp3) is 0.400. The van der Waals surface area contributed by atoms with Crippen molar-refractivity contribution in [1.82, 2.24) is 10.3 Å². The minimum absolute atomic E-state index is 0.224. The van der Waals surface area contributed by atoms with Crippen LogP contribution in [0, 0.1) is 11.9 Å². The summed E-state index contributed by atoms with van der Waals surface area (Å²) in [5.41, 5.74) is 0.332. The molecule has 1 aromatic heterocycles. The van der Waals surface area contributed by atoms with E-state index in [0.29, 0.717) is 18.0 Å². The number of hydrogen-bond acceptors (Lipinski definition) is 2. The van der Waals surface area contributed by atoms with E-state index in [9.17, 15) is 9.18 Å². The van der Waals surface area contributed by atoms with Crippen molar-refractivity contribution in [3.63, 3.8) is 0 Å². The second-order valence-corrected chi connectivity index (χ2v) is 3.52. The largest absolute Gasteiger partial charge is 0.352 e. The third-order valence-corrected chi connectivity index (χ3v) is 2.24. The molecule has 0 aromatic carbocycles. The van der Waals surface area contributed by atoms with Gasteiger partial charge in [0.1, 0.15) is 0 Å². The van der Waals surface area contributed by atoms with Gasteiger partial charge in [0.05, 0.1) is 0 Å². The first-order valence-corrected chi connectivity index (χ1v) is 4.65. The molecule has 1 heterocycles. The molecule has 74 valence electrons. The Balaban J connectivity index is 1.95. The summed E-state index contributed by atoms with van der Waals surface area (Å²) in [5.74, 6) is -0.215. The van der Waals surface area contributed by atoms with Crippen LogP contribution in [-0.4, -0.2) is 17.4 Å². The number of pyridine rings is 1. The lowest BCUT2D eigenvalue weighted by atomic mass is 10.2. The zero-order valence-corrected chi connectivity index (χ0v) is 7.66. The molecular formula is C10H11FN2O. The molecule has 0 radical (unpaired) electrons. The fourth-order valence-corrected chi connectivity index (χ4v) is 1.20. The summed E-state index contributed by atoms with van der Waals surface area (Å²) in [7, 11) is 0. The maximum Gasteiger partial charge on any atom is 0.251 e. The van der Waals surface area contributed by atoms with Gasteiger partial charge >= 0.3 is 0 Å². The van der Waals surface area contributed by atoms with Crippen LogP contribution in [-0.2, 0) is 0 Å². The Bertz CT molecular complexity index is 350. The molecule has 1 aliphatic rings. The molecule has 14 heavy (non-hydrogen) atoms. The van der Waals surface area contributed by atoms with E-state index < -0.39 is 5.95 Å². The number of carbonyl (C=O) groups excluding carboxylic acids is 1. The summed E-state index contributed by atoms with van der Waals surface area (Å²) in [5, 5.41) is 2.75. The number of hydrogen-bond donors (Lipinski definition) is 1. The third kappa shape index (κ3) is 2.28. The zero-order valence-electron chi connectivity index (χ0n) is 7.66. The molecule has 2 rings (SSSR count). The predicted molar refractivity (Wildman–Crippen MR) is 49.3 cm³/mol. The van der Waals surface area contributed by atoms with Crippen molar-refractivity contribution in [2.24, 2.45) is 5.92 Å². The van der Waals surface area contributed by atoms with E-state index in [1.807, 2.05) is 0 Å². The first-order valence-electron chi connectivity index (χ1n) is 4.65. The molecule has 1 aliphatic carbocycles. The average molecular weight is 194 g/mol. The Morgan fingerprint density at radius 2 is 2.43 bits per heavy atom. The predicted octanol–water partition coefficient (Wildman–Crippen LogP) is 1.36. The number of amides is 1. The van der Waals surface area contributed by atoms with Gasteiger partial charge in [-0.15, -0.1) is 0 Å². The summed E-state index contributed by atoms with van der Waals surface area (Å²) in [4.78, 5) is 14.8. The van der Waals surface area contributed by atoms with Gasteiger partial charge in [0.2, 0.25) is 5.95 Å². The van der Waals surface area contributed by atoms with Crippen molar-refractivity contribution in [3.05, 3.63) is 29.8 Å². The van der Waals surface area contributed by atoms with Gasteiger partial charge in [-0.25, -0.2) is 4.98 Å². The van der Waals surface area contributed by atoms with Gasteiger partial charge < -0.3 is 5.32 Å². The van der Waals surface area contributed by atoms with Gasteiger partial charge in [-0.05, 0) is 24.8 Å². The van der Waals surface area contributed by atoms with Gasteiger partial charge in [0, 0.05) is 24.4 Å². The smallest absolute Gasteiger partial charge is 0.251 e. The molecule has 4 heteroatoms. The normalized spacial score (nSPS) is 15.2. The van der Waals surface area contributed by atoms with Gasteiger partial charge in [-0.3, -0.25) is 4.79 Å². The Morgan fingerprint density at radius 1 is 1.64 bits per heavy atom. The van der Waals surface area contributed by atoms with Crippen LogP contribution in [0.1, 0.15) is 23.2 Å². The quantitative estimate of drug-likeness (QED) is 0.738. The molecule has 0 unspecified atom stereocenters. The van der Waals surface area contributed by atoms with E-state index in [4.69, 9.17) is 0 Å². The molecule has 0 atom stereocenters. The molecule has 1 amide bonds. The Labute approximate surface area is 81.3 Å². The highest BCUT2D eigenvalue weighted by Gasteiger charge is 2.21. The Hall–Kier alpha value is -1.45. The third-order valence-electron chi connectivity index (χ3n) is 2.24. The number of nitrogens with one attached hydrogen (secondary N) is 1. The van der Waals surface area contributed by atoms with Crippen molar-refractivity contribution >= 4 is 5.91 Å². The van der Waals surface area contributed by atoms with E-state index in [0.717, 1.165) is 6.07 Å². The van der Waals surface area contributed by atoms with E-state index in [-0.39, 0.29) is 5.91 Å². The molecule has 1 N–H and O–H groups in total. The lowest BCUT2D eigenvalue weighted by Crippen LogP contribution is -2.25. The van der Waals surface area contributed by atoms with E-state index >= 15 is 0 Å². The topological polar surface area (TPSA) is 42.0 Å². The van der Waals surface area contributed by atoms with E-state index in [1.54, 1.807) is 0 Å². The van der Waals surface area contributed by atoms with Crippen molar-refractivity contribution in [1.29, 1.82) is 0 Å². The van der Waals surface area contributed by atoms with Crippen LogP contribution in [0.5, 0.6) is 0 Å². The summed E-state index contributed by atoms with van der Waals surface area (Å²) >= 11 is 0. The van der Waals surface area contributed by atoms with Crippen molar-refractivity contribution in [2.75, 3.05) is 6.54 Å². The number of aromatic nitrogens is 1. The fourth-order valence-electron chi connectivity index (χ4n) is 1.20. The highest BCUT2D eigenvalue weighted by molar-refractivity contribution is 5.93. The highest BCUT2D eigenvalue weighted by Crippen LogP contribution is 2.27.